The van der Waals surface area contributed by atoms with Gasteiger partial charge in [0.05, 0.1) is 13.0 Å². The van der Waals surface area contributed by atoms with Gasteiger partial charge in [-0.2, -0.15) is 0 Å². The molecule has 0 radical (unpaired) electrons. The van der Waals surface area contributed by atoms with Crippen LogP contribution in [0.25, 0.3) is 0 Å². The summed E-state index contributed by atoms with van der Waals surface area (Å²) in [7, 11) is 0. The van der Waals surface area contributed by atoms with Crippen LogP contribution in [-0.4, -0.2) is 25.0 Å². The van der Waals surface area contributed by atoms with Crippen molar-refractivity contribution < 1.29 is 14.3 Å². The molecule has 0 aromatic heterocycles. The number of esters is 1. The van der Waals surface area contributed by atoms with E-state index in [0.29, 0.717) is 31.9 Å². The predicted octanol–water partition coefficient (Wildman–Crippen LogP) is 6.40. The van der Waals surface area contributed by atoms with Crippen LogP contribution in [0.15, 0.2) is 23.8 Å². The lowest BCUT2D eigenvalue weighted by atomic mass is 9.86. The van der Waals surface area contributed by atoms with Crippen LogP contribution >= 0.6 is 0 Å². The molecule has 4 nitrogen and oxygen atoms in total. The summed E-state index contributed by atoms with van der Waals surface area (Å²) in [5.74, 6) is 0.413. The highest BCUT2D eigenvalue weighted by atomic mass is 16.5. The van der Waals surface area contributed by atoms with Gasteiger partial charge in [0.2, 0.25) is 5.91 Å². The second-order valence-corrected chi connectivity index (χ2v) is 8.91. The van der Waals surface area contributed by atoms with E-state index in [1.54, 1.807) is 0 Å². The zero-order chi connectivity index (χ0) is 21.3. The first-order valence-corrected chi connectivity index (χ1v) is 12.5. The van der Waals surface area contributed by atoms with Crippen LogP contribution in [0.5, 0.6) is 0 Å². The van der Waals surface area contributed by atoms with E-state index in [-0.39, 0.29) is 11.9 Å². The summed E-state index contributed by atoms with van der Waals surface area (Å²) in [6.07, 6.45) is 24.8. The average Bonchev–Trinajstić information content (AvgIpc) is 2.73. The number of hydrogen-bond acceptors (Lipinski definition) is 3. The van der Waals surface area contributed by atoms with Gasteiger partial charge in [0.25, 0.3) is 0 Å². The second kappa shape index (κ2) is 16.2. The van der Waals surface area contributed by atoms with E-state index in [4.69, 9.17) is 4.74 Å². The molecule has 0 spiro atoms. The van der Waals surface area contributed by atoms with E-state index >= 15 is 0 Å². The van der Waals surface area contributed by atoms with Gasteiger partial charge in [0.1, 0.15) is 0 Å². The summed E-state index contributed by atoms with van der Waals surface area (Å²) >= 11 is 0. The van der Waals surface area contributed by atoms with Gasteiger partial charge in [-0.15, -0.1) is 0 Å². The van der Waals surface area contributed by atoms with Crippen LogP contribution in [-0.2, 0) is 14.3 Å². The van der Waals surface area contributed by atoms with Crippen molar-refractivity contribution in [3.05, 3.63) is 23.8 Å². The molecule has 0 saturated carbocycles. The number of carbonyl (C=O) groups excluding carboxylic acids is 2. The summed E-state index contributed by atoms with van der Waals surface area (Å²) in [5.41, 5.74) is 1.42. The SMILES string of the molecule is O=C1CCCCCCCC/C(C2CCCCCC/C=C\CCOC(=O)C2)=C\CCN1. The van der Waals surface area contributed by atoms with Crippen LogP contribution in [0.4, 0.5) is 0 Å². The molecular formula is C26H43NO3. The lowest BCUT2D eigenvalue weighted by Crippen LogP contribution is -2.24. The largest absolute Gasteiger partial charge is 0.465 e. The van der Waals surface area contributed by atoms with E-state index < -0.39 is 0 Å². The Morgan fingerprint density at radius 3 is 2.33 bits per heavy atom. The lowest BCUT2D eigenvalue weighted by molar-refractivity contribution is -0.144. The number of rotatable bonds is 1. The fourth-order valence-electron chi connectivity index (χ4n) is 4.51. The minimum Gasteiger partial charge on any atom is -0.465 e. The number of allylic oxidation sites excluding steroid dienone is 2. The van der Waals surface area contributed by atoms with Crippen molar-refractivity contribution in [3.8, 4) is 0 Å². The fraction of sp³-hybridized carbons (Fsp3) is 0.769. The Morgan fingerprint density at radius 2 is 1.47 bits per heavy atom. The van der Waals surface area contributed by atoms with Gasteiger partial charge in [-0.3, -0.25) is 9.59 Å². The van der Waals surface area contributed by atoms with Gasteiger partial charge in [-0.25, -0.2) is 0 Å². The zero-order valence-corrected chi connectivity index (χ0v) is 19.0. The van der Waals surface area contributed by atoms with Crippen LogP contribution in [0.1, 0.15) is 109 Å². The maximum atomic E-state index is 12.5. The first kappa shape index (κ1) is 24.7. The molecule has 170 valence electrons. The Bertz CT molecular complexity index is 552. The molecule has 1 N–H and O–H groups in total. The molecule has 0 aliphatic carbocycles. The van der Waals surface area contributed by atoms with Crippen molar-refractivity contribution in [2.24, 2.45) is 5.92 Å². The van der Waals surface area contributed by atoms with Crippen LogP contribution in [0, 0.1) is 5.92 Å². The standard InChI is InChI=1S/C26H43NO3/c28-25-19-13-9-5-4-7-11-16-23(18-15-20-27-25)24-17-12-8-3-1-2-6-10-14-21-30-26(29)22-24/h6,10,18,24H,1-5,7-9,11-17,19-22H2,(H,27,28)/b10-6-,23-18+. The third-order valence-corrected chi connectivity index (χ3v) is 6.32. The van der Waals surface area contributed by atoms with Crippen molar-refractivity contribution in [3.63, 3.8) is 0 Å². The molecule has 4 heteroatoms. The van der Waals surface area contributed by atoms with Crippen molar-refractivity contribution in [2.45, 2.75) is 109 Å². The van der Waals surface area contributed by atoms with Crippen molar-refractivity contribution in [1.29, 1.82) is 0 Å². The van der Waals surface area contributed by atoms with E-state index in [1.165, 1.54) is 56.9 Å². The summed E-state index contributed by atoms with van der Waals surface area (Å²) in [4.78, 5) is 24.4. The maximum Gasteiger partial charge on any atom is 0.306 e. The maximum absolute atomic E-state index is 12.5. The molecule has 1 unspecified atom stereocenters. The third-order valence-electron chi connectivity index (χ3n) is 6.32. The smallest absolute Gasteiger partial charge is 0.306 e. The Kier molecular flexibility index (Phi) is 13.3. The Hall–Kier alpha value is -1.58. The summed E-state index contributed by atoms with van der Waals surface area (Å²) in [6, 6.07) is 0. The number of carbonyl (C=O) groups is 2. The van der Waals surface area contributed by atoms with Gasteiger partial charge < -0.3 is 10.1 Å². The molecule has 30 heavy (non-hydrogen) atoms. The van der Waals surface area contributed by atoms with Crippen molar-refractivity contribution in [2.75, 3.05) is 13.2 Å². The third kappa shape index (κ3) is 11.6. The summed E-state index contributed by atoms with van der Waals surface area (Å²) < 4.78 is 5.52. The van der Waals surface area contributed by atoms with Gasteiger partial charge in [-0.1, -0.05) is 68.7 Å². The van der Waals surface area contributed by atoms with Crippen LogP contribution < -0.4 is 5.32 Å². The van der Waals surface area contributed by atoms with E-state index in [2.05, 4.69) is 23.5 Å². The molecule has 0 bridgehead atoms. The second-order valence-electron chi connectivity index (χ2n) is 8.91. The molecule has 0 fully saturated rings. The van der Waals surface area contributed by atoms with E-state index in [9.17, 15) is 9.59 Å². The predicted molar refractivity (Wildman–Crippen MR) is 123 cm³/mol. The molecule has 0 saturated heterocycles. The highest BCUT2D eigenvalue weighted by Crippen LogP contribution is 2.28. The number of nitrogens with one attached hydrogen (secondary N) is 1. The minimum absolute atomic E-state index is 0.0564. The van der Waals surface area contributed by atoms with Gasteiger partial charge >= 0.3 is 5.97 Å². The summed E-state index contributed by atoms with van der Waals surface area (Å²) in [6.45, 7) is 1.19. The molecule has 1 amide bonds. The molecule has 2 aliphatic heterocycles. The molecule has 1 atom stereocenters. The van der Waals surface area contributed by atoms with Crippen molar-refractivity contribution >= 4 is 11.9 Å². The molecule has 2 aliphatic rings. The van der Waals surface area contributed by atoms with Gasteiger partial charge in [0, 0.05) is 13.0 Å². The monoisotopic (exact) mass is 417 g/mol. The number of hydrogen-bond donors (Lipinski definition) is 1. The number of amides is 1. The molecule has 2 heterocycles. The Balaban J connectivity index is 2.00. The van der Waals surface area contributed by atoms with Gasteiger partial charge in [0.15, 0.2) is 0 Å². The zero-order valence-electron chi connectivity index (χ0n) is 19.0. The molecule has 0 aromatic rings. The van der Waals surface area contributed by atoms with E-state index in [1.807, 2.05) is 0 Å². The van der Waals surface area contributed by atoms with E-state index in [0.717, 1.165) is 44.9 Å². The highest BCUT2D eigenvalue weighted by Gasteiger charge is 2.19. The molecule has 2 rings (SSSR count). The molecular weight excluding hydrogens is 374 g/mol. The van der Waals surface area contributed by atoms with Crippen LogP contribution in [0.3, 0.4) is 0 Å². The first-order chi connectivity index (χ1) is 14.8. The van der Waals surface area contributed by atoms with Gasteiger partial charge in [-0.05, 0) is 57.3 Å². The molecule has 0 aromatic carbocycles. The van der Waals surface area contributed by atoms with Crippen LogP contribution in [0.2, 0.25) is 0 Å². The number of cyclic esters (lactones) is 1. The normalized spacial score (nSPS) is 28.0. The minimum atomic E-state index is -0.0564. The summed E-state index contributed by atoms with van der Waals surface area (Å²) in [5, 5.41) is 3.06. The quantitative estimate of drug-likeness (QED) is 0.396. The Morgan fingerprint density at radius 1 is 0.767 bits per heavy atom. The topological polar surface area (TPSA) is 55.4 Å². The fourth-order valence-corrected chi connectivity index (χ4v) is 4.51. The lowest BCUT2D eigenvalue weighted by Gasteiger charge is -2.21. The Labute approximate surface area is 183 Å². The highest BCUT2D eigenvalue weighted by molar-refractivity contribution is 5.75. The number of ether oxygens (including phenoxy) is 1. The average molecular weight is 418 g/mol. The van der Waals surface area contributed by atoms with Crippen molar-refractivity contribution in [1.82, 2.24) is 5.32 Å². The first-order valence-electron chi connectivity index (χ1n) is 12.5.